The van der Waals surface area contributed by atoms with Gasteiger partial charge in [-0.1, -0.05) is 0 Å². The lowest BCUT2D eigenvalue weighted by Gasteiger charge is -2.14. The van der Waals surface area contributed by atoms with Crippen molar-refractivity contribution in [2.45, 2.75) is 6.92 Å². The minimum atomic E-state index is -0.284. The highest BCUT2D eigenvalue weighted by Crippen LogP contribution is 2.19. The van der Waals surface area contributed by atoms with Crippen molar-refractivity contribution in [3.63, 3.8) is 0 Å². The van der Waals surface area contributed by atoms with Gasteiger partial charge in [-0.25, -0.2) is 4.52 Å². The van der Waals surface area contributed by atoms with Gasteiger partial charge in [0.2, 0.25) is 5.95 Å². The van der Waals surface area contributed by atoms with E-state index in [1.165, 1.54) is 6.20 Å². The van der Waals surface area contributed by atoms with Crippen LogP contribution in [0.4, 0.5) is 11.6 Å². The maximum atomic E-state index is 12.1. The van der Waals surface area contributed by atoms with Crippen LogP contribution in [-0.2, 0) is 0 Å². The topological polar surface area (TPSA) is 75.4 Å². The molecule has 7 nitrogen and oxygen atoms in total. The molecule has 0 unspecified atom stereocenters. The zero-order valence-electron chi connectivity index (χ0n) is 12.6. The highest BCUT2D eigenvalue weighted by Gasteiger charge is 2.12. The van der Waals surface area contributed by atoms with Crippen molar-refractivity contribution in [3.8, 4) is 0 Å². The quantitative estimate of drug-likeness (QED) is 0.797. The predicted molar refractivity (Wildman–Crippen MR) is 84.2 cm³/mol. The number of rotatable bonds is 3. The minimum absolute atomic E-state index is 0.268. The summed E-state index contributed by atoms with van der Waals surface area (Å²) in [5.74, 6) is -0.0160. The van der Waals surface area contributed by atoms with Crippen LogP contribution >= 0.6 is 0 Å². The molecule has 0 saturated carbocycles. The van der Waals surface area contributed by atoms with Gasteiger partial charge in [-0.2, -0.15) is 4.98 Å². The fourth-order valence-electron chi connectivity index (χ4n) is 2.21. The van der Waals surface area contributed by atoms with Gasteiger partial charge in [0, 0.05) is 26.5 Å². The third-order valence-electron chi connectivity index (χ3n) is 3.28. The van der Waals surface area contributed by atoms with Crippen molar-refractivity contribution in [2.24, 2.45) is 0 Å². The molecular weight excluding hydrogens is 280 g/mol. The Hall–Kier alpha value is -2.96. The Morgan fingerprint density at radius 3 is 2.86 bits per heavy atom. The van der Waals surface area contributed by atoms with E-state index < -0.39 is 0 Å². The largest absolute Gasteiger partial charge is 0.376 e. The van der Waals surface area contributed by atoms with E-state index in [-0.39, 0.29) is 11.9 Å². The summed E-state index contributed by atoms with van der Waals surface area (Å²) in [5, 5.41) is 6.97. The molecule has 0 bridgehead atoms. The van der Waals surface area contributed by atoms with Crippen LogP contribution in [0.25, 0.3) is 5.65 Å². The normalized spacial score (nSPS) is 10.7. The number of hydrogen-bond donors (Lipinski definition) is 1. The fraction of sp³-hybridized carbons (Fsp3) is 0.200. The van der Waals surface area contributed by atoms with Crippen molar-refractivity contribution in [1.29, 1.82) is 0 Å². The summed E-state index contributed by atoms with van der Waals surface area (Å²) in [6, 6.07) is 5.33. The lowest BCUT2D eigenvalue weighted by Crippen LogP contribution is -2.13. The van der Waals surface area contributed by atoms with Crippen molar-refractivity contribution in [1.82, 2.24) is 19.6 Å². The van der Waals surface area contributed by atoms with Gasteiger partial charge in [-0.3, -0.25) is 15.1 Å². The third kappa shape index (κ3) is 2.60. The molecule has 0 aromatic carbocycles. The summed E-state index contributed by atoms with van der Waals surface area (Å²) < 4.78 is 1.65. The van der Waals surface area contributed by atoms with Crippen LogP contribution in [0.2, 0.25) is 0 Å². The van der Waals surface area contributed by atoms with Gasteiger partial charge in [-0.15, -0.1) is 5.10 Å². The van der Waals surface area contributed by atoms with E-state index in [0.29, 0.717) is 11.2 Å². The summed E-state index contributed by atoms with van der Waals surface area (Å²) in [6.07, 6.45) is 5.00. The van der Waals surface area contributed by atoms with Crippen LogP contribution in [0, 0.1) is 6.92 Å². The van der Waals surface area contributed by atoms with Crippen LogP contribution in [0.1, 0.15) is 15.9 Å². The van der Waals surface area contributed by atoms with Gasteiger partial charge in [0.05, 0.1) is 17.4 Å². The second kappa shape index (κ2) is 5.44. The Labute approximate surface area is 127 Å². The van der Waals surface area contributed by atoms with Crippen molar-refractivity contribution in [3.05, 3.63) is 47.9 Å². The number of aromatic nitrogens is 4. The molecule has 0 aliphatic heterocycles. The average molecular weight is 296 g/mol. The highest BCUT2D eigenvalue weighted by atomic mass is 16.1. The number of amides is 1. The number of aryl methyl sites for hydroxylation is 1. The molecule has 1 N–H and O–H groups in total. The molecule has 0 spiro atoms. The number of nitrogens with zero attached hydrogens (tertiary/aromatic N) is 5. The van der Waals surface area contributed by atoms with Crippen molar-refractivity contribution in [2.75, 3.05) is 24.3 Å². The molecule has 0 aliphatic carbocycles. The number of hydrogen-bond acceptors (Lipinski definition) is 5. The molecule has 3 aromatic rings. The average Bonchev–Trinajstić information content (AvgIpc) is 2.88. The molecule has 7 heteroatoms. The first-order valence-electron chi connectivity index (χ1n) is 6.80. The monoisotopic (exact) mass is 296 g/mol. The Morgan fingerprint density at radius 1 is 1.36 bits per heavy atom. The minimum Gasteiger partial charge on any atom is -0.376 e. The summed E-state index contributed by atoms with van der Waals surface area (Å²) >= 11 is 0. The molecule has 0 saturated heterocycles. The molecular formula is C15H16N6O. The van der Waals surface area contributed by atoms with Gasteiger partial charge in [-0.05, 0) is 30.7 Å². The summed E-state index contributed by atoms with van der Waals surface area (Å²) in [4.78, 5) is 22.3. The fourth-order valence-corrected chi connectivity index (χ4v) is 2.21. The van der Waals surface area contributed by atoms with Gasteiger partial charge < -0.3 is 4.90 Å². The van der Waals surface area contributed by atoms with Crippen LogP contribution in [0.5, 0.6) is 0 Å². The first-order chi connectivity index (χ1) is 10.5. The van der Waals surface area contributed by atoms with Crippen molar-refractivity contribution < 1.29 is 4.79 Å². The molecule has 1 amide bonds. The number of carbonyl (C=O) groups excluding carboxylic acids is 1. The Bertz CT molecular complexity index is 825. The molecule has 3 heterocycles. The Balaban J connectivity index is 1.91. The van der Waals surface area contributed by atoms with Gasteiger partial charge in [0.15, 0.2) is 5.65 Å². The standard InChI is InChI=1S/C15H16N6O/c1-10-7-13-17-15(19-21(13)9-12(10)20(2)3)18-14(22)11-5-4-6-16-8-11/h4-9H,1-3H3,(H,18,19,22). The molecule has 0 atom stereocenters. The molecule has 112 valence electrons. The zero-order chi connectivity index (χ0) is 15.7. The molecule has 3 rings (SSSR count). The summed E-state index contributed by atoms with van der Waals surface area (Å²) in [6.45, 7) is 2.01. The molecule has 3 aromatic heterocycles. The van der Waals surface area contributed by atoms with E-state index in [1.807, 2.05) is 38.2 Å². The first kappa shape index (κ1) is 14.0. The molecule has 0 fully saturated rings. The van der Waals surface area contributed by atoms with E-state index in [4.69, 9.17) is 0 Å². The first-order valence-corrected chi connectivity index (χ1v) is 6.80. The SMILES string of the molecule is Cc1cc2nc(NC(=O)c3cccnc3)nn2cc1N(C)C. The molecule has 22 heavy (non-hydrogen) atoms. The van der Waals surface area contributed by atoms with E-state index in [1.54, 1.807) is 22.8 Å². The second-order valence-electron chi connectivity index (χ2n) is 5.17. The van der Waals surface area contributed by atoms with E-state index >= 15 is 0 Å². The zero-order valence-corrected chi connectivity index (χ0v) is 12.6. The van der Waals surface area contributed by atoms with Crippen LogP contribution in [0.3, 0.4) is 0 Å². The van der Waals surface area contributed by atoms with Crippen molar-refractivity contribution >= 4 is 23.2 Å². The summed E-state index contributed by atoms with van der Waals surface area (Å²) in [7, 11) is 3.94. The lowest BCUT2D eigenvalue weighted by molar-refractivity contribution is 0.102. The van der Waals surface area contributed by atoms with Gasteiger partial charge in [0.25, 0.3) is 5.91 Å². The molecule has 0 radical (unpaired) electrons. The number of nitrogens with one attached hydrogen (secondary N) is 1. The van der Waals surface area contributed by atoms with E-state index in [9.17, 15) is 4.79 Å². The summed E-state index contributed by atoms with van der Waals surface area (Å²) in [5.41, 5.74) is 3.29. The van der Waals surface area contributed by atoms with E-state index in [0.717, 1.165) is 11.3 Å². The predicted octanol–water partition coefficient (Wildman–Crippen LogP) is 1.75. The number of fused-ring (bicyclic) bond motifs is 1. The lowest BCUT2D eigenvalue weighted by atomic mass is 10.2. The van der Waals surface area contributed by atoms with Crippen LogP contribution in [0.15, 0.2) is 36.8 Å². The smallest absolute Gasteiger partial charge is 0.259 e. The number of carbonyl (C=O) groups is 1. The van der Waals surface area contributed by atoms with Gasteiger partial charge >= 0.3 is 0 Å². The van der Waals surface area contributed by atoms with Gasteiger partial charge in [0.1, 0.15) is 0 Å². The van der Waals surface area contributed by atoms with E-state index in [2.05, 4.69) is 20.4 Å². The third-order valence-corrected chi connectivity index (χ3v) is 3.28. The Morgan fingerprint density at radius 2 is 2.18 bits per heavy atom. The number of anilines is 2. The molecule has 0 aliphatic rings. The maximum Gasteiger partial charge on any atom is 0.259 e. The van der Waals surface area contributed by atoms with Crippen LogP contribution < -0.4 is 10.2 Å². The maximum absolute atomic E-state index is 12.1. The second-order valence-corrected chi connectivity index (χ2v) is 5.17. The number of pyridine rings is 2. The highest BCUT2D eigenvalue weighted by molar-refractivity contribution is 6.03. The Kier molecular flexibility index (Phi) is 3.46. The van der Waals surface area contributed by atoms with Crippen LogP contribution in [-0.4, -0.2) is 39.6 Å².